The fraction of sp³-hybridized carbons (Fsp3) is 0.368. The lowest BCUT2D eigenvalue weighted by Crippen LogP contribution is -2.39. The van der Waals surface area contributed by atoms with Crippen LogP contribution in [0.2, 0.25) is 0 Å². The number of para-hydroxylation sites is 1. The summed E-state index contributed by atoms with van der Waals surface area (Å²) < 4.78 is 1.21. The molecule has 1 amide bonds. The number of hydrogen-bond donors (Lipinski definition) is 0. The summed E-state index contributed by atoms with van der Waals surface area (Å²) in [5.74, 6) is 0.946. The van der Waals surface area contributed by atoms with E-state index in [4.69, 9.17) is 4.98 Å². The largest absolute Gasteiger partial charge is 0.337 e. The Morgan fingerprint density at radius 2 is 2.04 bits per heavy atom. The Morgan fingerprint density at radius 1 is 1.20 bits per heavy atom. The number of carbonyl (C=O) groups is 1. The number of aromatic nitrogens is 3. The minimum absolute atomic E-state index is 0.000545. The topological polar surface area (TPSA) is 59.0 Å². The summed E-state index contributed by atoms with van der Waals surface area (Å²) in [6, 6.07) is 9.99. The third-order valence-electron chi connectivity index (χ3n) is 4.55. The van der Waals surface area contributed by atoms with Crippen molar-refractivity contribution in [2.24, 2.45) is 0 Å². The maximum absolute atomic E-state index is 12.9. The maximum Gasteiger partial charge on any atom is 0.272 e. The van der Waals surface area contributed by atoms with Gasteiger partial charge in [-0.1, -0.05) is 12.1 Å². The van der Waals surface area contributed by atoms with E-state index in [9.17, 15) is 4.79 Å². The first kappa shape index (κ1) is 16.1. The van der Waals surface area contributed by atoms with Crippen LogP contribution in [-0.4, -0.2) is 38.8 Å². The van der Waals surface area contributed by atoms with Gasteiger partial charge in [-0.15, -0.1) is 11.3 Å². The molecule has 1 fully saturated rings. The van der Waals surface area contributed by atoms with Crippen LogP contribution >= 0.6 is 11.3 Å². The number of benzene rings is 1. The monoisotopic (exact) mass is 352 g/mol. The molecule has 25 heavy (non-hydrogen) atoms. The van der Waals surface area contributed by atoms with Gasteiger partial charge in [-0.05, 0) is 44.9 Å². The van der Waals surface area contributed by atoms with Gasteiger partial charge in [0.15, 0.2) is 0 Å². The van der Waals surface area contributed by atoms with Crippen LogP contribution in [0.5, 0.6) is 0 Å². The summed E-state index contributed by atoms with van der Waals surface area (Å²) in [5, 5.41) is 1.13. The highest BCUT2D eigenvalue weighted by molar-refractivity contribution is 7.18. The van der Waals surface area contributed by atoms with Gasteiger partial charge in [0.05, 0.1) is 15.2 Å². The molecule has 1 unspecified atom stereocenters. The normalized spacial score (nSPS) is 17.8. The number of carbonyl (C=O) groups excluding carboxylic acids is 1. The molecule has 1 aliphatic rings. The van der Waals surface area contributed by atoms with Crippen LogP contribution < -0.4 is 0 Å². The molecule has 0 N–H and O–H groups in total. The van der Waals surface area contributed by atoms with Crippen LogP contribution in [0.15, 0.2) is 30.3 Å². The summed E-state index contributed by atoms with van der Waals surface area (Å²) in [6.07, 6.45) is 2.07. The molecule has 0 radical (unpaired) electrons. The Hall–Kier alpha value is -2.34. The number of aryl methyl sites for hydroxylation is 2. The van der Waals surface area contributed by atoms with E-state index in [1.165, 1.54) is 4.70 Å². The van der Waals surface area contributed by atoms with Gasteiger partial charge in [-0.25, -0.2) is 15.0 Å². The highest BCUT2D eigenvalue weighted by atomic mass is 32.1. The molecule has 1 aliphatic heterocycles. The fourth-order valence-corrected chi connectivity index (χ4v) is 4.51. The van der Waals surface area contributed by atoms with Crippen LogP contribution in [0.25, 0.3) is 10.2 Å². The minimum atomic E-state index is -0.000545. The highest BCUT2D eigenvalue weighted by Gasteiger charge is 2.28. The number of rotatable bonds is 2. The second-order valence-electron chi connectivity index (χ2n) is 6.55. The first-order valence-corrected chi connectivity index (χ1v) is 9.39. The summed E-state index contributed by atoms with van der Waals surface area (Å²) in [5.41, 5.74) is 2.37. The van der Waals surface area contributed by atoms with Gasteiger partial charge in [-0.2, -0.15) is 0 Å². The Balaban J connectivity index is 1.57. The average Bonchev–Trinajstić information content (AvgIpc) is 3.04. The van der Waals surface area contributed by atoms with E-state index in [0.29, 0.717) is 24.0 Å². The number of hydrogen-bond acceptors (Lipinski definition) is 5. The molecule has 0 spiro atoms. The zero-order chi connectivity index (χ0) is 17.4. The van der Waals surface area contributed by atoms with Crippen molar-refractivity contribution < 1.29 is 4.79 Å². The maximum atomic E-state index is 12.9. The number of fused-ring (bicyclic) bond motifs is 1. The molecule has 5 nitrogen and oxygen atoms in total. The number of thiazole rings is 1. The van der Waals surface area contributed by atoms with E-state index in [-0.39, 0.29) is 5.91 Å². The van der Waals surface area contributed by atoms with E-state index < -0.39 is 0 Å². The van der Waals surface area contributed by atoms with E-state index in [1.807, 2.05) is 36.9 Å². The van der Waals surface area contributed by atoms with E-state index in [2.05, 4.69) is 16.0 Å². The van der Waals surface area contributed by atoms with Gasteiger partial charge in [0.1, 0.15) is 11.5 Å². The third kappa shape index (κ3) is 3.26. The molecule has 128 valence electrons. The van der Waals surface area contributed by atoms with Crippen LogP contribution in [-0.2, 0) is 0 Å². The molecule has 4 rings (SSSR count). The Labute approximate surface area is 150 Å². The van der Waals surface area contributed by atoms with Crippen LogP contribution in [0, 0.1) is 13.8 Å². The van der Waals surface area contributed by atoms with Crippen molar-refractivity contribution in [3.63, 3.8) is 0 Å². The minimum Gasteiger partial charge on any atom is -0.337 e. The van der Waals surface area contributed by atoms with E-state index >= 15 is 0 Å². The van der Waals surface area contributed by atoms with Gasteiger partial charge in [0.2, 0.25) is 0 Å². The Bertz CT molecular complexity index is 883. The number of piperidine rings is 1. The van der Waals surface area contributed by atoms with Crippen LogP contribution in [0.1, 0.15) is 45.8 Å². The number of nitrogens with zero attached hydrogens (tertiary/aromatic N) is 4. The van der Waals surface area contributed by atoms with Crippen molar-refractivity contribution in [3.05, 3.63) is 52.6 Å². The van der Waals surface area contributed by atoms with Gasteiger partial charge >= 0.3 is 0 Å². The average molecular weight is 352 g/mol. The summed E-state index contributed by atoms with van der Waals surface area (Å²) >= 11 is 1.74. The molecule has 0 aliphatic carbocycles. The lowest BCUT2D eigenvalue weighted by Gasteiger charge is -2.31. The Kier molecular flexibility index (Phi) is 4.21. The lowest BCUT2D eigenvalue weighted by atomic mass is 9.98. The van der Waals surface area contributed by atoms with Gasteiger partial charge in [0, 0.05) is 24.7 Å². The van der Waals surface area contributed by atoms with Crippen molar-refractivity contribution in [2.45, 2.75) is 32.6 Å². The SMILES string of the molecule is Cc1cc(C(=O)N2CCCC(c3nc4ccccc4s3)C2)nc(C)n1. The van der Waals surface area contributed by atoms with Gasteiger partial charge in [0.25, 0.3) is 5.91 Å². The second-order valence-corrected chi connectivity index (χ2v) is 7.61. The predicted octanol–water partition coefficient (Wildman–Crippen LogP) is 3.72. The fourth-order valence-electron chi connectivity index (χ4n) is 3.42. The van der Waals surface area contributed by atoms with Crippen molar-refractivity contribution >= 4 is 27.5 Å². The van der Waals surface area contributed by atoms with E-state index in [1.54, 1.807) is 17.4 Å². The Morgan fingerprint density at radius 3 is 2.84 bits per heavy atom. The quantitative estimate of drug-likeness (QED) is 0.705. The first-order chi connectivity index (χ1) is 12.1. The smallest absolute Gasteiger partial charge is 0.272 e. The van der Waals surface area contributed by atoms with Crippen LogP contribution in [0.3, 0.4) is 0 Å². The van der Waals surface area contributed by atoms with Gasteiger partial charge in [-0.3, -0.25) is 4.79 Å². The summed E-state index contributed by atoms with van der Waals surface area (Å²) in [7, 11) is 0. The van der Waals surface area contributed by atoms with E-state index in [0.717, 1.165) is 35.6 Å². The molecule has 3 aromatic rings. The molecular formula is C19H20N4OS. The molecule has 2 aromatic heterocycles. The highest BCUT2D eigenvalue weighted by Crippen LogP contribution is 2.33. The summed E-state index contributed by atoms with van der Waals surface area (Å²) in [4.78, 5) is 28.2. The molecule has 3 heterocycles. The second kappa shape index (κ2) is 6.52. The third-order valence-corrected chi connectivity index (χ3v) is 5.75. The van der Waals surface area contributed by atoms with Crippen molar-refractivity contribution in [1.82, 2.24) is 19.9 Å². The molecule has 0 bridgehead atoms. The molecule has 0 saturated carbocycles. The van der Waals surface area contributed by atoms with Crippen molar-refractivity contribution in [1.29, 1.82) is 0 Å². The molecule has 6 heteroatoms. The standard InChI is InChI=1S/C19H20N4OS/c1-12-10-16(21-13(2)20-12)19(24)23-9-5-6-14(11-23)18-22-15-7-3-4-8-17(15)25-18/h3-4,7-8,10,14H,5-6,9,11H2,1-2H3. The lowest BCUT2D eigenvalue weighted by molar-refractivity contribution is 0.0700. The molecule has 1 aromatic carbocycles. The number of amides is 1. The molecular weight excluding hydrogens is 332 g/mol. The summed E-state index contributed by atoms with van der Waals surface area (Å²) in [6.45, 7) is 5.21. The predicted molar refractivity (Wildman–Crippen MR) is 99.0 cm³/mol. The molecule has 1 atom stereocenters. The zero-order valence-electron chi connectivity index (χ0n) is 14.4. The molecule has 1 saturated heterocycles. The first-order valence-electron chi connectivity index (χ1n) is 8.57. The number of likely N-dealkylation sites (tertiary alicyclic amines) is 1. The van der Waals surface area contributed by atoms with Crippen molar-refractivity contribution in [3.8, 4) is 0 Å². The van der Waals surface area contributed by atoms with Crippen molar-refractivity contribution in [2.75, 3.05) is 13.1 Å². The van der Waals surface area contributed by atoms with Crippen LogP contribution in [0.4, 0.5) is 0 Å². The van der Waals surface area contributed by atoms with Gasteiger partial charge < -0.3 is 4.90 Å². The zero-order valence-corrected chi connectivity index (χ0v) is 15.2.